The fourth-order valence-corrected chi connectivity index (χ4v) is 6.61. The molecule has 1 aliphatic heterocycles. The molecule has 8 heteroatoms. The van der Waals surface area contributed by atoms with Gasteiger partial charge in [-0.15, -0.1) is 0 Å². The number of benzene rings is 1. The summed E-state index contributed by atoms with van der Waals surface area (Å²) in [6.45, 7) is 3.52. The van der Waals surface area contributed by atoms with Gasteiger partial charge in [0.05, 0.1) is 18.0 Å². The van der Waals surface area contributed by atoms with Crippen LogP contribution in [0.1, 0.15) is 62.0 Å². The second-order valence-electron chi connectivity index (χ2n) is 9.09. The summed E-state index contributed by atoms with van der Waals surface area (Å²) in [6, 6.07) is 5.97. The Morgan fingerprint density at radius 3 is 2.61 bits per heavy atom. The molecule has 3 fully saturated rings. The number of rotatable bonds is 10. The molecule has 0 spiro atoms. The summed E-state index contributed by atoms with van der Waals surface area (Å²) < 4.78 is 39.4. The van der Waals surface area contributed by atoms with Gasteiger partial charge in [0, 0.05) is 17.6 Å². The average molecular weight is 451 g/mol. The number of hydrogen-bond donors (Lipinski definition) is 2. The SMILES string of the molecule is Cc1cccc(OCC=O)c1C1CCC(OC[C@@H]2NCC[C@@H]2NS(=O)(=O)C2CC2)CC1. The van der Waals surface area contributed by atoms with Crippen molar-refractivity contribution in [1.29, 1.82) is 0 Å². The lowest BCUT2D eigenvalue weighted by Gasteiger charge is -2.32. The van der Waals surface area contributed by atoms with Gasteiger partial charge in [0.25, 0.3) is 0 Å². The number of nitrogens with one attached hydrogen (secondary N) is 2. The van der Waals surface area contributed by atoms with E-state index in [4.69, 9.17) is 9.47 Å². The third-order valence-corrected chi connectivity index (χ3v) is 8.79. The largest absolute Gasteiger partial charge is 0.486 e. The van der Waals surface area contributed by atoms with E-state index < -0.39 is 10.0 Å². The van der Waals surface area contributed by atoms with Crippen molar-refractivity contribution in [2.45, 2.75) is 81.2 Å². The number of sulfonamides is 1. The lowest BCUT2D eigenvalue weighted by molar-refractivity contribution is -0.109. The zero-order valence-electron chi connectivity index (χ0n) is 18.2. The highest BCUT2D eigenvalue weighted by molar-refractivity contribution is 7.90. The molecule has 7 nitrogen and oxygen atoms in total. The molecule has 3 aliphatic rings. The van der Waals surface area contributed by atoms with Crippen LogP contribution < -0.4 is 14.8 Å². The zero-order valence-corrected chi connectivity index (χ0v) is 19.0. The van der Waals surface area contributed by atoms with Crippen molar-refractivity contribution < 1.29 is 22.7 Å². The Morgan fingerprint density at radius 2 is 1.90 bits per heavy atom. The van der Waals surface area contributed by atoms with E-state index in [-0.39, 0.29) is 30.0 Å². The quantitative estimate of drug-likeness (QED) is 0.532. The fourth-order valence-electron chi connectivity index (χ4n) is 4.95. The van der Waals surface area contributed by atoms with E-state index >= 15 is 0 Å². The molecule has 0 amide bonds. The standard InChI is InChI=1S/C23H34N2O5S/c1-16-3-2-4-22(29-14-13-26)23(16)17-5-7-18(8-6-17)30-15-21-20(11-12-24-21)25-31(27,28)19-9-10-19/h2-4,13,17-21,24-25H,5-12,14-15H2,1H3/t17?,18?,20-,21-/m0/s1. The lowest BCUT2D eigenvalue weighted by Crippen LogP contribution is -2.47. The zero-order chi connectivity index (χ0) is 21.8. The van der Waals surface area contributed by atoms with Crippen LogP contribution in [0, 0.1) is 6.92 Å². The van der Waals surface area contributed by atoms with Gasteiger partial charge in [0.1, 0.15) is 12.4 Å². The van der Waals surface area contributed by atoms with Crippen LogP contribution in [-0.2, 0) is 19.6 Å². The minimum Gasteiger partial charge on any atom is -0.486 e. The molecule has 0 bridgehead atoms. The molecule has 1 aromatic rings. The maximum atomic E-state index is 12.3. The van der Waals surface area contributed by atoms with Crippen molar-refractivity contribution in [1.82, 2.24) is 10.0 Å². The number of carbonyl (C=O) groups excluding carboxylic acids is 1. The second kappa shape index (κ2) is 9.98. The minimum atomic E-state index is -3.18. The van der Waals surface area contributed by atoms with Crippen LogP contribution in [0.15, 0.2) is 18.2 Å². The number of hydrogen-bond acceptors (Lipinski definition) is 6. The molecule has 2 atom stereocenters. The molecular weight excluding hydrogens is 416 g/mol. The van der Waals surface area contributed by atoms with Crippen LogP contribution in [-0.4, -0.2) is 57.9 Å². The Labute approximate surface area is 185 Å². The highest BCUT2D eigenvalue weighted by Gasteiger charge is 2.40. The minimum absolute atomic E-state index is 0.0333. The van der Waals surface area contributed by atoms with E-state index in [2.05, 4.69) is 23.0 Å². The summed E-state index contributed by atoms with van der Waals surface area (Å²) in [7, 11) is -3.18. The predicted molar refractivity (Wildman–Crippen MR) is 119 cm³/mol. The maximum Gasteiger partial charge on any atom is 0.214 e. The third-order valence-electron chi connectivity index (χ3n) is 6.81. The molecule has 2 saturated carbocycles. The second-order valence-corrected chi connectivity index (χ2v) is 11.1. The normalized spacial score (nSPS) is 29.1. The highest BCUT2D eigenvalue weighted by atomic mass is 32.2. The molecule has 2 aliphatic carbocycles. The summed E-state index contributed by atoms with van der Waals surface area (Å²) in [4.78, 5) is 10.7. The molecule has 1 heterocycles. The van der Waals surface area contributed by atoms with E-state index in [0.717, 1.165) is 63.5 Å². The molecular formula is C23H34N2O5S. The van der Waals surface area contributed by atoms with Crippen molar-refractivity contribution >= 4 is 16.3 Å². The smallest absolute Gasteiger partial charge is 0.214 e. The van der Waals surface area contributed by atoms with Crippen LogP contribution in [0.3, 0.4) is 0 Å². The van der Waals surface area contributed by atoms with Crippen LogP contribution in [0.5, 0.6) is 5.75 Å². The van der Waals surface area contributed by atoms with Crippen molar-refractivity contribution in [2.75, 3.05) is 19.8 Å². The van der Waals surface area contributed by atoms with Gasteiger partial charge in [0.2, 0.25) is 10.0 Å². The fraction of sp³-hybridized carbons (Fsp3) is 0.696. The van der Waals surface area contributed by atoms with Crippen LogP contribution >= 0.6 is 0 Å². The van der Waals surface area contributed by atoms with E-state index in [1.165, 1.54) is 11.1 Å². The topological polar surface area (TPSA) is 93.7 Å². The van der Waals surface area contributed by atoms with Gasteiger partial charge in [-0.05, 0) is 76.0 Å². The van der Waals surface area contributed by atoms with Gasteiger partial charge >= 0.3 is 0 Å². The molecule has 0 radical (unpaired) electrons. The Balaban J connectivity index is 1.27. The van der Waals surface area contributed by atoms with Gasteiger partial charge in [-0.3, -0.25) is 4.79 Å². The summed E-state index contributed by atoms with van der Waals surface area (Å²) in [5.74, 6) is 1.22. The first kappa shape index (κ1) is 22.7. The lowest BCUT2D eigenvalue weighted by atomic mass is 9.80. The molecule has 1 saturated heterocycles. The van der Waals surface area contributed by atoms with E-state index in [0.29, 0.717) is 12.5 Å². The van der Waals surface area contributed by atoms with Crippen LogP contribution in [0.4, 0.5) is 0 Å². The van der Waals surface area contributed by atoms with E-state index in [1.807, 2.05) is 12.1 Å². The average Bonchev–Trinajstić information content (AvgIpc) is 3.54. The first-order valence-electron chi connectivity index (χ1n) is 11.5. The molecule has 4 rings (SSSR count). The Hall–Kier alpha value is -1.48. The van der Waals surface area contributed by atoms with Gasteiger partial charge < -0.3 is 14.8 Å². The van der Waals surface area contributed by atoms with E-state index in [1.54, 1.807) is 0 Å². The predicted octanol–water partition coefficient (Wildman–Crippen LogP) is 2.43. The first-order chi connectivity index (χ1) is 15.0. The Bertz CT molecular complexity index is 863. The van der Waals surface area contributed by atoms with Crippen molar-refractivity contribution in [3.8, 4) is 5.75 Å². The first-order valence-corrected chi connectivity index (χ1v) is 13.0. The monoisotopic (exact) mass is 450 g/mol. The van der Waals surface area contributed by atoms with Gasteiger partial charge in [-0.25, -0.2) is 13.1 Å². The molecule has 172 valence electrons. The molecule has 31 heavy (non-hydrogen) atoms. The Morgan fingerprint density at radius 1 is 1.13 bits per heavy atom. The van der Waals surface area contributed by atoms with Gasteiger partial charge in [0.15, 0.2) is 6.29 Å². The van der Waals surface area contributed by atoms with Crippen LogP contribution in [0.25, 0.3) is 0 Å². The third kappa shape index (κ3) is 5.66. The van der Waals surface area contributed by atoms with Crippen molar-refractivity contribution in [3.05, 3.63) is 29.3 Å². The molecule has 0 aromatic heterocycles. The van der Waals surface area contributed by atoms with Gasteiger partial charge in [-0.1, -0.05) is 12.1 Å². The maximum absolute atomic E-state index is 12.3. The number of carbonyl (C=O) groups is 1. The summed E-state index contributed by atoms with van der Waals surface area (Å²) in [5.41, 5.74) is 2.42. The van der Waals surface area contributed by atoms with Crippen LogP contribution in [0.2, 0.25) is 0 Å². The number of aldehydes is 1. The summed E-state index contributed by atoms with van der Waals surface area (Å²) in [5, 5.41) is 3.21. The highest BCUT2D eigenvalue weighted by Crippen LogP contribution is 2.40. The van der Waals surface area contributed by atoms with Crippen molar-refractivity contribution in [2.24, 2.45) is 0 Å². The molecule has 2 N–H and O–H groups in total. The van der Waals surface area contributed by atoms with Crippen molar-refractivity contribution in [3.63, 3.8) is 0 Å². The number of ether oxygens (including phenoxy) is 2. The van der Waals surface area contributed by atoms with Gasteiger partial charge in [-0.2, -0.15) is 0 Å². The molecule has 1 aromatic carbocycles. The summed E-state index contributed by atoms with van der Waals surface area (Å²) >= 11 is 0. The Kier molecular flexibility index (Phi) is 7.31. The number of aryl methyl sites for hydroxylation is 1. The summed E-state index contributed by atoms with van der Waals surface area (Å²) in [6.07, 6.45) is 7.32. The van der Waals surface area contributed by atoms with E-state index in [9.17, 15) is 13.2 Å². The molecule has 0 unspecified atom stereocenters.